The summed E-state index contributed by atoms with van der Waals surface area (Å²) in [5.41, 5.74) is 6.53. The van der Waals surface area contributed by atoms with Crippen molar-refractivity contribution in [2.24, 2.45) is 0 Å². The van der Waals surface area contributed by atoms with Crippen LogP contribution in [0.3, 0.4) is 0 Å². The fraction of sp³-hybridized carbons (Fsp3) is 0.509. The molecule has 4 aromatic rings. The number of amides is 3. The van der Waals surface area contributed by atoms with Gasteiger partial charge in [-0.2, -0.15) is 0 Å². The van der Waals surface area contributed by atoms with Crippen LogP contribution in [-0.2, 0) is 39.6 Å². The highest BCUT2D eigenvalue weighted by molar-refractivity contribution is 6.08. The number of benzene rings is 3. The van der Waals surface area contributed by atoms with Crippen molar-refractivity contribution in [3.05, 3.63) is 113 Å². The number of rotatable bonds is 31. The lowest BCUT2D eigenvalue weighted by atomic mass is 9.87. The Morgan fingerprint density at radius 2 is 1.26 bits per heavy atom. The molecule has 1 fully saturated rings. The van der Waals surface area contributed by atoms with Gasteiger partial charge in [-0.25, -0.2) is 0 Å². The second-order valence-corrected chi connectivity index (χ2v) is 17.1. The molecule has 1 saturated heterocycles. The number of pyridine rings is 1. The smallest absolute Gasteiger partial charge is 0.255 e. The zero-order valence-corrected chi connectivity index (χ0v) is 40.6. The van der Waals surface area contributed by atoms with E-state index >= 15 is 0 Å². The van der Waals surface area contributed by atoms with Gasteiger partial charge in [0.15, 0.2) is 0 Å². The first-order chi connectivity index (χ1) is 33.9. The molecule has 0 bridgehead atoms. The first kappa shape index (κ1) is 53.1. The quantitative estimate of drug-likeness (QED) is 0.0488. The van der Waals surface area contributed by atoms with Gasteiger partial charge in [0, 0.05) is 74.0 Å². The van der Waals surface area contributed by atoms with Crippen LogP contribution in [0.2, 0.25) is 0 Å². The van der Waals surface area contributed by atoms with Crippen molar-refractivity contribution in [2.75, 3.05) is 143 Å². The Labute approximate surface area is 407 Å². The number of nitrogens with zero attached hydrogens (tertiary/aromatic N) is 3. The summed E-state index contributed by atoms with van der Waals surface area (Å²) in [6.07, 6.45) is 7.98. The molecule has 2 aliphatic rings. The Morgan fingerprint density at radius 3 is 1.94 bits per heavy atom. The number of aromatic nitrogens is 1. The van der Waals surface area contributed by atoms with Crippen LogP contribution < -0.4 is 20.9 Å². The van der Waals surface area contributed by atoms with E-state index in [0.717, 1.165) is 50.9 Å². The summed E-state index contributed by atoms with van der Waals surface area (Å²) in [7, 11) is 3.61. The van der Waals surface area contributed by atoms with Crippen molar-refractivity contribution in [1.29, 1.82) is 0 Å². The third kappa shape index (κ3) is 18.2. The van der Waals surface area contributed by atoms with Gasteiger partial charge in [0.2, 0.25) is 0 Å². The Kier molecular flexibility index (Phi) is 23.3. The molecule has 0 spiro atoms. The molecule has 6 rings (SSSR count). The number of fused-ring (bicyclic) bond motifs is 1. The number of hydrogen-bond acceptors (Lipinski definition) is 13. The van der Waals surface area contributed by atoms with Gasteiger partial charge in [0.1, 0.15) is 0 Å². The number of aryl methyl sites for hydroxylation is 1. The minimum atomic E-state index is -0.365. The van der Waals surface area contributed by atoms with Crippen LogP contribution in [0.4, 0.5) is 11.4 Å². The molecule has 1 atom stereocenters. The van der Waals surface area contributed by atoms with E-state index in [1.807, 2.05) is 37.4 Å². The number of likely N-dealkylation sites (N-methyl/N-ethyl adjacent to an activating group) is 1. The van der Waals surface area contributed by atoms with Crippen LogP contribution in [0.15, 0.2) is 85.1 Å². The van der Waals surface area contributed by atoms with E-state index in [1.165, 1.54) is 17.5 Å². The average molecular weight is 953 g/mol. The normalized spacial score (nSPS) is 14.7. The van der Waals surface area contributed by atoms with Crippen LogP contribution in [0, 0.1) is 0 Å². The molecular formula is C53H72N6O10. The molecule has 3 aromatic carbocycles. The largest absolute Gasteiger partial charge is 0.382 e. The highest BCUT2D eigenvalue weighted by Gasteiger charge is 2.23. The Balaban J connectivity index is 0.902. The lowest BCUT2D eigenvalue weighted by Crippen LogP contribution is -2.34. The van der Waals surface area contributed by atoms with Crippen LogP contribution >= 0.6 is 0 Å². The highest BCUT2D eigenvalue weighted by Crippen LogP contribution is 2.34. The molecular weight excluding hydrogens is 881 g/mol. The van der Waals surface area contributed by atoms with Gasteiger partial charge in [-0.3, -0.25) is 19.4 Å². The Morgan fingerprint density at radius 1 is 0.638 bits per heavy atom. The third-order valence-corrected chi connectivity index (χ3v) is 12.0. The first-order valence-corrected chi connectivity index (χ1v) is 24.5. The minimum absolute atomic E-state index is 0.0607. The molecule has 1 aliphatic heterocycles. The molecule has 1 aliphatic carbocycles. The van der Waals surface area contributed by atoms with Gasteiger partial charge in [-0.1, -0.05) is 30.3 Å². The van der Waals surface area contributed by atoms with E-state index in [-0.39, 0.29) is 23.8 Å². The maximum absolute atomic E-state index is 13.9. The standard InChI is InChI=1S/C53H72N6O10/c1-58(24-25-64-28-29-66-32-33-68-36-37-69-35-34-67-31-30-65-27-26-63-2)23-20-55-51(60)42-12-8-13-43(38-42)52(61)57-49-17-16-45(59-21-6-3-7-22-59)40-47(49)50-39-44(18-19-54-50)53(62)56-48-15-9-11-41-10-4-5-14-46(41)48/h4-5,8,10,12-14,16-19,38-40,48H,3,6-7,9,11,15,20-37H2,1-2H3,(H,55,60)(H,56,62)(H,57,61). The molecule has 69 heavy (non-hydrogen) atoms. The zero-order valence-electron chi connectivity index (χ0n) is 40.6. The third-order valence-electron chi connectivity index (χ3n) is 12.0. The monoisotopic (exact) mass is 953 g/mol. The van der Waals surface area contributed by atoms with E-state index in [9.17, 15) is 14.4 Å². The predicted molar refractivity (Wildman–Crippen MR) is 266 cm³/mol. The highest BCUT2D eigenvalue weighted by atomic mass is 16.6. The van der Waals surface area contributed by atoms with Gasteiger partial charge >= 0.3 is 0 Å². The van der Waals surface area contributed by atoms with Gasteiger partial charge in [-0.05, 0) is 105 Å². The van der Waals surface area contributed by atoms with Gasteiger partial charge in [-0.15, -0.1) is 0 Å². The number of ether oxygens (including phenoxy) is 7. The molecule has 1 unspecified atom stereocenters. The molecule has 0 saturated carbocycles. The molecule has 0 radical (unpaired) electrons. The van der Waals surface area contributed by atoms with Crippen molar-refractivity contribution >= 4 is 29.1 Å². The fourth-order valence-electron chi connectivity index (χ4n) is 8.20. The van der Waals surface area contributed by atoms with Crippen molar-refractivity contribution in [2.45, 2.75) is 44.6 Å². The van der Waals surface area contributed by atoms with Gasteiger partial charge in [0.25, 0.3) is 17.7 Å². The number of carbonyl (C=O) groups excluding carboxylic acids is 3. The SMILES string of the molecule is COCCOCCOCCOCCOCCOCCOCCN(C)CCNC(=O)c1cccc(C(=O)Nc2ccc(N3CCCCC3)cc2-c2cc(C(=O)NC3CCCc4ccccc43)ccn2)c1. The van der Waals surface area contributed by atoms with Crippen LogP contribution in [0.5, 0.6) is 0 Å². The van der Waals surface area contributed by atoms with Gasteiger partial charge < -0.3 is 58.9 Å². The predicted octanol–water partition coefficient (Wildman–Crippen LogP) is 6.21. The number of hydrogen-bond donors (Lipinski definition) is 3. The molecule has 1 aromatic heterocycles. The fourth-order valence-corrected chi connectivity index (χ4v) is 8.20. The lowest BCUT2D eigenvalue weighted by molar-refractivity contribution is -0.0195. The Bertz CT molecular complexity index is 2170. The molecule has 3 amide bonds. The van der Waals surface area contributed by atoms with Crippen LogP contribution in [0.25, 0.3) is 11.3 Å². The summed E-state index contributed by atoms with van der Waals surface area (Å²) in [5, 5.41) is 9.33. The molecule has 16 heteroatoms. The second kappa shape index (κ2) is 30.3. The maximum Gasteiger partial charge on any atom is 0.255 e. The molecule has 16 nitrogen and oxygen atoms in total. The van der Waals surface area contributed by atoms with Crippen molar-refractivity contribution in [3.8, 4) is 11.3 Å². The summed E-state index contributed by atoms with van der Waals surface area (Å²) in [5.74, 6) is -0.805. The van der Waals surface area contributed by atoms with E-state index in [4.69, 9.17) is 38.1 Å². The van der Waals surface area contributed by atoms with Crippen molar-refractivity contribution in [1.82, 2.24) is 20.5 Å². The second-order valence-electron chi connectivity index (χ2n) is 17.1. The number of carbonyl (C=O) groups is 3. The average Bonchev–Trinajstić information content (AvgIpc) is 3.38. The maximum atomic E-state index is 13.9. The first-order valence-electron chi connectivity index (χ1n) is 24.5. The van der Waals surface area contributed by atoms with E-state index in [0.29, 0.717) is 139 Å². The topological polar surface area (TPSA) is 171 Å². The van der Waals surface area contributed by atoms with Gasteiger partial charge in [0.05, 0.1) is 103 Å². The summed E-state index contributed by atoms with van der Waals surface area (Å²) >= 11 is 0. The van der Waals surface area contributed by atoms with Crippen LogP contribution in [-0.4, -0.2) is 160 Å². The Hall–Kier alpha value is -5.30. The molecule has 3 N–H and O–H groups in total. The van der Waals surface area contributed by atoms with Crippen molar-refractivity contribution < 1.29 is 47.5 Å². The summed E-state index contributed by atoms with van der Waals surface area (Å²) < 4.78 is 38.0. The summed E-state index contributed by atoms with van der Waals surface area (Å²) in [6.45, 7) is 10.2. The number of methoxy groups -OCH3 is 1. The number of piperidine rings is 1. The lowest BCUT2D eigenvalue weighted by Gasteiger charge is -2.29. The van der Waals surface area contributed by atoms with E-state index in [2.05, 4.69) is 37.9 Å². The molecule has 374 valence electrons. The van der Waals surface area contributed by atoms with Crippen molar-refractivity contribution in [3.63, 3.8) is 0 Å². The number of anilines is 2. The molecule has 2 heterocycles. The minimum Gasteiger partial charge on any atom is -0.382 e. The van der Waals surface area contributed by atoms with E-state index in [1.54, 1.807) is 49.7 Å². The number of nitrogens with one attached hydrogen (secondary N) is 3. The van der Waals surface area contributed by atoms with E-state index < -0.39 is 0 Å². The summed E-state index contributed by atoms with van der Waals surface area (Å²) in [4.78, 5) is 50.0. The summed E-state index contributed by atoms with van der Waals surface area (Å²) in [6, 6.07) is 24.4. The zero-order chi connectivity index (χ0) is 48.3. The van der Waals surface area contributed by atoms with Crippen LogP contribution in [0.1, 0.15) is 80.3 Å².